The molecule has 2 nitrogen and oxygen atoms in total. The van der Waals surface area contributed by atoms with Gasteiger partial charge in [-0.25, -0.2) is 0 Å². The average molecular weight is 817 g/mol. The zero-order chi connectivity index (χ0) is 40.6. The molecule has 2 aliphatic heterocycles. The SMILES string of the molecule is CC(C)(C)c1c(N2c3ccccc3Sc3ccccc32)c(-c2cccc(C(F)(F)F)c2)cc(-c2cccc(C(F)(F)F)c2)c1N1c2ccccc2Sc2ccccc21. The van der Waals surface area contributed by atoms with E-state index in [4.69, 9.17) is 0 Å². The standard InChI is InChI=1S/C48H34F6N2S2/c1-46(2,3)43-44(55-35-18-4-8-22-39(35)57-40-23-9-5-19-36(40)55)33(29-14-12-16-31(26-29)47(49,50)51)28-34(30-15-13-17-32(27-30)48(52,53)54)45(43)56-37-20-6-10-24-41(37)58-42-25-11-7-21-38(42)56/h4-28H,1-3H3. The number of nitrogens with zero attached hydrogens (tertiary/aromatic N) is 2. The summed E-state index contributed by atoms with van der Waals surface area (Å²) in [7, 11) is 0. The first-order valence-corrected chi connectivity index (χ1v) is 20.2. The number of hydrogen-bond donors (Lipinski definition) is 0. The summed E-state index contributed by atoms with van der Waals surface area (Å²) in [4.78, 5) is 8.06. The summed E-state index contributed by atoms with van der Waals surface area (Å²) < 4.78 is 87.4. The molecule has 10 heteroatoms. The van der Waals surface area contributed by atoms with Crippen molar-refractivity contribution in [2.24, 2.45) is 0 Å². The maximum absolute atomic E-state index is 14.6. The Kier molecular flexibility index (Phi) is 9.20. The lowest BCUT2D eigenvalue weighted by molar-refractivity contribution is -0.138. The van der Waals surface area contributed by atoms with Crippen LogP contribution in [0.3, 0.4) is 0 Å². The number of halogens is 6. The highest BCUT2D eigenvalue weighted by Crippen LogP contribution is 2.62. The van der Waals surface area contributed by atoms with Crippen molar-refractivity contribution in [3.63, 3.8) is 0 Å². The lowest BCUT2D eigenvalue weighted by Gasteiger charge is -2.43. The minimum Gasteiger partial charge on any atom is -0.307 e. The second-order valence-corrected chi connectivity index (χ2v) is 17.4. The van der Waals surface area contributed by atoms with Gasteiger partial charge < -0.3 is 9.80 Å². The van der Waals surface area contributed by atoms with Gasteiger partial charge in [0.05, 0.1) is 45.3 Å². The maximum atomic E-state index is 14.6. The van der Waals surface area contributed by atoms with Crippen LogP contribution in [0, 0.1) is 0 Å². The predicted octanol–water partition coefficient (Wildman–Crippen LogP) is 16.2. The monoisotopic (exact) mass is 816 g/mol. The molecular weight excluding hydrogens is 783 g/mol. The number of benzene rings is 7. The first-order valence-electron chi connectivity index (χ1n) is 18.6. The summed E-state index contributed by atoms with van der Waals surface area (Å²) in [6.07, 6.45) is -9.29. The number of anilines is 6. The fraction of sp³-hybridized carbons (Fsp3) is 0.125. The molecule has 0 aliphatic carbocycles. The van der Waals surface area contributed by atoms with E-state index in [1.807, 2.05) is 118 Å². The van der Waals surface area contributed by atoms with Gasteiger partial charge in [-0.05, 0) is 95.4 Å². The molecule has 0 fully saturated rings. The summed E-state index contributed by atoms with van der Waals surface area (Å²) in [6.45, 7) is 6.15. The van der Waals surface area contributed by atoms with Gasteiger partial charge in [-0.2, -0.15) is 26.3 Å². The highest BCUT2D eigenvalue weighted by atomic mass is 32.2. The number of hydrogen-bond acceptors (Lipinski definition) is 4. The van der Waals surface area contributed by atoms with Crippen LogP contribution in [0.4, 0.5) is 60.5 Å². The van der Waals surface area contributed by atoms with Crippen LogP contribution in [0.5, 0.6) is 0 Å². The van der Waals surface area contributed by atoms with Crippen LogP contribution in [0.2, 0.25) is 0 Å². The fourth-order valence-corrected chi connectivity index (χ4v) is 10.0. The molecule has 290 valence electrons. The molecule has 0 saturated heterocycles. The summed E-state index contributed by atoms with van der Waals surface area (Å²) in [5.74, 6) is 0. The van der Waals surface area contributed by atoms with E-state index in [2.05, 4.69) is 9.80 Å². The van der Waals surface area contributed by atoms with E-state index in [1.54, 1.807) is 41.7 Å². The van der Waals surface area contributed by atoms with Crippen molar-refractivity contribution in [2.45, 2.75) is 58.1 Å². The normalized spacial score (nSPS) is 13.7. The molecule has 0 bridgehead atoms. The number of rotatable bonds is 4. The van der Waals surface area contributed by atoms with E-state index in [1.165, 1.54) is 12.1 Å². The smallest absolute Gasteiger partial charge is 0.307 e. The van der Waals surface area contributed by atoms with Gasteiger partial charge in [0, 0.05) is 36.3 Å². The molecule has 0 atom stereocenters. The molecule has 9 rings (SSSR count). The molecular formula is C48H34F6N2S2. The predicted molar refractivity (Wildman–Crippen MR) is 224 cm³/mol. The van der Waals surface area contributed by atoms with Crippen LogP contribution >= 0.6 is 23.5 Å². The van der Waals surface area contributed by atoms with Crippen molar-refractivity contribution in [3.05, 3.63) is 168 Å². The van der Waals surface area contributed by atoms with Crippen molar-refractivity contribution in [1.29, 1.82) is 0 Å². The molecule has 7 aromatic rings. The first-order chi connectivity index (χ1) is 27.7. The molecule has 0 saturated carbocycles. The quantitative estimate of drug-likeness (QED) is 0.163. The Hall–Kier alpha value is -5.58. The Balaban J connectivity index is 1.52. The minimum absolute atomic E-state index is 0.276. The van der Waals surface area contributed by atoms with E-state index in [0.717, 1.165) is 72.2 Å². The van der Waals surface area contributed by atoms with Crippen LogP contribution in [-0.2, 0) is 17.8 Å². The van der Waals surface area contributed by atoms with Crippen molar-refractivity contribution >= 4 is 57.6 Å². The number of alkyl halides is 6. The summed E-state index contributed by atoms with van der Waals surface area (Å²) in [5.41, 5.74) is 4.34. The van der Waals surface area contributed by atoms with Gasteiger partial charge >= 0.3 is 12.4 Å². The Labute approximate surface area is 341 Å². The van der Waals surface area contributed by atoms with Gasteiger partial charge in [0.1, 0.15) is 0 Å². The molecule has 58 heavy (non-hydrogen) atoms. The fourth-order valence-electron chi connectivity index (χ4n) is 7.89. The second kappa shape index (κ2) is 14.1. The summed E-state index contributed by atoms with van der Waals surface area (Å²) in [5, 5.41) is 0. The van der Waals surface area contributed by atoms with Gasteiger partial charge in [-0.1, -0.05) is 117 Å². The van der Waals surface area contributed by atoms with E-state index in [-0.39, 0.29) is 11.1 Å². The molecule has 0 spiro atoms. The Morgan fingerprint density at radius 2 is 0.724 bits per heavy atom. The van der Waals surface area contributed by atoms with Gasteiger partial charge in [-0.15, -0.1) is 0 Å². The van der Waals surface area contributed by atoms with E-state index < -0.39 is 28.9 Å². The lowest BCUT2D eigenvalue weighted by atomic mass is 9.78. The molecule has 2 heterocycles. The lowest BCUT2D eigenvalue weighted by Crippen LogP contribution is -2.27. The van der Waals surface area contributed by atoms with Crippen molar-refractivity contribution in [3.8, 4) is 22.3 Å². The third kappa shape index (κ3) is 6.62. The van der Waals surface area contributed by atoms with E-state index in [0.29, 0.717) is 22.5 Å². The Morgan fingerprint density at radius 1 is 0.397 bits per heavy atom. The highest BCUT2D eigenvalue weighted by Gasteiger charge is 2.40. The second-order valence-electron chi connectivity index (χ2n) is 15.2. The highest BCUT2D eigenvalue weighted by molar-refractivity contribution is 8.00. The minimum atomic E-state index is -4.65. The van der Waals surface area contributed by atoms with Crippen LogP contribution in [-0.4, -0.2) is 0 Å². The topological polar surface area (TPSA) is 6.48 Å². The molecule has 0 radical (unpaired) electrons. The third-order valence-corrected chi connectivity index (χ3v) is 12.6. The summed E-state index contributed by atoms with van der Waals surface area (Å²) in [6, 6.07) is 43.9. The molecule has 0 amide bonds. The van der Waals surface area contributed by atoms with Crippen LogP contribution in [0.25, 0.3) is 22.3 Å². The molecule has 0 unspecified atom stereocenters. The van der Waals surface area contributed by atoms with Crippen molar-refractivity contribution in [2.75, 3.05) is 9.80 Å². The van der Waals surface area contributed by atoms with Crippen molar-refractivity contribution < 1.29 is 26.3 Å². The van der Waals surface area contributed by atoms with Gasteiger partial charge in [0.25, 0.3) is 0 Å². The van der Waals surface area contributed by atoms with Crippen LogP contribution in [0.15, 0.2) is 171 Å². The zero-order valence-corrected chi connectivity index (χ0v) is 33.0. The Morgan fingerprint density at radius 3 is 1.03 bits per heavy atom. The number of para-hydroxylation sites is 4. The van der Waals surface area contributed by atoms with Gasteiger partial charge in [0.2, 0.25) is 0 Å². The zero-order valence-electron chi connectivity index (χ0n) is 31.4. The van der Waals surface area contributed by atoms with Crippen molar-refractivity contribution in [1.82, 2.24) is 0 Å². The molecule has 0 aromatic heterocycles. The molecule has 0 N–H and O–H groups in total. The Bertz CT molecular complexity index is 2460. The van der Waals surface area contributed by atoms with E-state index >= 15 is 0 Å². The summed E-state index contributed by atoms with van der Waals surface area (Å²) >= 11 is 3.22. The average Bonchev–Trinajstić information content (AvgIpc) is 3.20. The van der Waals surface area contributed by atoms with Crippen LogP contribution < -0.4 is 9.80 Å². The van der Waals surface area contributed by atoms with E-state index in [9.17, 15) is 26.3 Å². The third-order valence-electron chi connectivity index (χ3n) is 10.3. The van der Waals surface area contributed by atoms with Gasteiger partial charge in [-0.3, -0.25) is 0 Å². The van der Waals surface area contributed by atoms with Crippen LogP contribution in [0.1, 0.15) is 37.5 Å². The maximum Gasteiger partial charge on any atom is 0.416 e. The first kappa shape index (κ1) is 38.0. The largest absolute Gasteiger partial charge is 0.416 e. The number of fused-ring (bicyclic) bond motifs is 4. The molecule has 2 aliphatic rings. The molecule has 7 aromatic carbocycles. The van der Waals surface area contributed by atoms with Gasteiger partial charge in [0.15, 0.2) is 0 Å².